The highest BCUT2D eigenvalue weighted by molar-refractivity contribution is 6.30. The molecule has 16 aromatic carbocycles. The molecule has 0 bridgehead atoms. The lowest BCUT2D eigenvalue weighted by atomic mass is 9.78. The second-order valence-corrected chi connectivity index (χ2v) is 31.0. The Kier molecular flexibility index (Phi) is 14.1. The van der Waals surface area contributed by atoms with Crippen LogP contribution in [0.3, 0.4) is 0 Å². The third kappa shape index (κ3) is 9.33. The molecule has 0 spiro atoms. The van der Waals surface area contributed by atoms with Gasteiger partial charge in [0.1, 0.15) is 0 Å². The highest BCUT2D eigenvalue weighted by Crippen LogP contribution is 2.58. The maximum Gasteiger partial charge on any atom is 0.0159 e. The molecule has 0 fully saturated rings. The van der Waals surface area contributed by atoms with E-state index in [1.165, 1.54) is 242 Å². The number of benzene rings is 16. The van der Waals surface area contributed by atoms with Gasteiger partial charge < -0.3 is 0 Å². The van der Waals surface area contributed by atoms with Crippen LogP contribution in [0.1, 0.15) is 126 Å². The van der Waals surface area contributed by atoms with Crippen molar-refractivity contribution >= 4 is 64.6 Å². The normalized spacial score (nSPS) is 14.2. The average molecular weight is 1300 g/mol. The maximum absolute atomic E-state index is 2.54. The lowest BCUT2D eigenvalue weighted by Gasteiger charge is -2.25. The molecule has 0 radical (unpaired) electrons. The minimum absolute atomic E-state index is 0.108. The zero-order chi connectivity index (χ0) is 68.0. The van der Waals surface area contributed by atoms with E-state index >= 15 is 0 Å². The molecule has 486 valence electrons. The first-order chi connectivity index (χ1) is 49.4. The first-order valence-corrected chi connectivity index (χ1v) is 37.1. The Balaban J connectivity index is 0.661. The number of aryl methyl sites for hydroxylation is 1. The summed E-state index contributed by atoms with van der Waals surface area (Å²) in [6, 6.07) is 110. The second-order valence-electron chi connectivity index (χ2n) is 31.0. The molecule has 0 amide bonds. The van der Waals surface area contributed by atoms with Gasteiger partial charge in [0.2, 0.25) is 0 Å². The molecule has 0 aliphatic heterocycles. The van der Waals surface area contributed by atoms with Gasteiger partial charge in [-0.1, -0.05) is 335 Å². The van der Waals surface area contributed by atoms with Crippen molar-refractivity contribution in [2.45, 2.75) is 110 Å². The molecule has 0 saturated heterocycles. The second kappa shape index (κ2) is 23.3. The molecule has 101 heavy (non-hydrogen) atoms. The van der Waals surface area contributed by atoms with Crippen LogP contribution in [0.2, 0.25) is 0 Å². The van der Waals surface area contributed by atoms with Crippen LogP contribution in [-0.4, -0.2) is 0 Å². The first-order valence-electron chi connectivity index (χ1n) is 37.1. The summed E-state index contributed by atoms with van der Waals surface area (Å²) in [5.74, 6) is 0. The van der Waals surface area contributed by atoms with Gasteiger partial charge in [0.15, 0.2) is 0 Å². The molecule has 0 heterocycles. The van der Waals surface area contributed by atoms with E-state index in [1.807, 2.05) is 0 Å². The van der Waals surface area contributed by atoms with Crippen LogP contribution >= 0.6 is 0 Å². The Morgan fingerprint density at radius 2 is 0.436 bits per heavy atom. The van der Waals surface area contributed by atoms with Crippen molar-refractivity contribution < 1.29 is 0 Å². The Morgan fingerprint density at radius 1 is 0.198 bits per heavy atom. The quantitative estimate of drug-likeness (QED) is 0.0797. The van der Waals surface area contributed by atoms with Gasteiger partial charge in [0, 0.05) is 16.2 Å². The van der Waals surface area contributed by atoms with E-state index in [0.29, 0.717) is 0 Å². The van der Waals surface area contributed by atoms with Crippen molar-refractivity contribution in [2.24, 2.45) is 0 Å². The van der Waals surface area contributed by atoms with E-state index in [0.717, 1.165) is 6.42 Å². The molecule has 19 rings (SSSR count). The molecule has 0 N–H and O–H groups in total. The van der Waals surface area contributed by atoms with Crippen LogP contribution < -0.4 is 0 Å². The fourth-order valence-electron chi connectivity index (χ4n) is 19.1. The summed E-state index contributed by atoms with van der Waals surface area (Å²) in [6.45, 7) is 16.8. The van der Waals surface area contributed by atoms with Gasteiger partial charge >= 0.3 is 0 Å². The zero-order valence-electron chi connectivity index (χ0n) is 59.1. The molecule has 0 saturated carbocycles. The largest absolute Gasteiger partial charge is 0.0654 e. The third-order valence-electron chi connectivity index (χ3n) is 24.2. The number of fused-ring (bicyclic) bond motifs is 15. The third-order valence-corrected chi connectivity index (χ3v) is 24.2. The molecule has 3 aliphatic rings. The fourth-order valence-corrected chi connectivity index (χ4v) is 19.1. The monoisotopic (exact) mass is 1290 g/mol. The van der Waals surface area contributed by atoms with E-state index in [4.69, 9.17) is 0 Å². The molecule has 0 aromatic heterocycles. The minimum atomic E-state index is -0.257. The number of unbranched alkanes of at least 4 members (excludes halogenated alkanes) is 5. The SMILES string of the molecule is CCCCCCCCc1ccc(-c2c3ccccc3c(-c3ccc4c(c3)C(C)(C)c3cc(-c5ccc6c(c5)C(C)(C)c5cc(-c7c8ccccc8c(-c8c9ccccc9c(-c9ccc%10c(c9)C(C)(C)c9ccccc9-%10)c9ccccc89)c8ccccc78)ccc5-6)ccc3-4)c3ccccc23)cc1. The standard InChI is InChI=1S/C101H82/c1-8-9-10-11-12-13-28-62-43-45-63(46-44-62)93-75-30-14-16-32-77(75)94(78-33-17-15-31-76(78)93)67-50-55-73-71-52-47-64(57-88(71)100(4,5)91(73)60-67)65-48-53-72-74-56-51-68(61-92(74)101(6,7)89(72)58-65)96-81-36-20-24-40-85(81)98(86-41-25-21-37-82(86)96)97-83-38-22-18-34-79(83)95(80-35-19-23-39-84(80)97)66-49-54-70-69-29-26-27-42-87(69)99(2,3)90(70)59-66/h14-27,29-61H,8-13,28H2,1-7H3. The van der Waals surface area contributed by atoms with Gasteiger partial charge in [-0.3, -0.25) is 0 Å². The predicted octanol–water partition coefficient (Wildman–Crippen LogP) is 28.4. The number of hydrogen-bond donors (Lipinski definition) is 0. The zero-order valence-corrected chi connectivity index (χ0v) is 59.1. The Labute approximate surface area is 594 Å². The summed E-state index contributed by atoms with van der Waals surface area (Å²) in [7, 11) is 0. The van der Waals surface area contributed by atoms with Crippen molar-refractivity contribution in [1.82, 2.24) is 0 Å². The molecule has 0 atom stereocenters. The van der Waals surface area contributed by atoms with Crippen molar-refractivity contribution in [3.63, 3.8) is 0 Å². The van der Waals surface area contributed by atoms with Gasteiger partial charge in [-0.25, -0.2) is 0 Å². The van der Waals surface area contributed by atoms with E-state index in [1.54, 1.807) is 0 Å². The van der Waals surface area contributed by atoms with E-state index < -0.39 is 0 Å². The van der Waals surface area contributed by atoms with E-state index in [2.05, 4.69) is 334 Å². The van der Waals surface area contributed by atoms with Crippen LogP contribution in [0.15, 0.2) is 285 Å². The van der Waals surface area contributed by atoms with Crippen LogP contribution in [0.25, 0.3) is 165 Å². The van der Waals surface area contributed by atoms with Crippen molar-refractivity contribution in [1.29, 1.82) is 0 Å². The summed E-state index contributed by atoms with van der Waals surface area (Å²) in [6.07, 6.45) is 9.07. The number of rotatable bonds is 13. The first kappa shape index (κ1) is 61.2. The Hall–Kier alpha value is -10.9. The highest BCUT2D eigenvalue weighted by Gasteiger charge is 2.40. The fraction of sp³-hybridized carbons (Fsp3) is 0.168. The molecular formula is C101H82. The van der Waals surface area contributed by atoms with Crippen molar-refractivity contribution in [2.75, 3.05) is 0 Å². The molecule has 16 aromatic rings. The summed E-state index contributed by atoms with van der Waals surface area (Å²) in [5.41, 5.74) is 32.5. The summed E-state index contributed by atoms with van der Waals surface area (Å²) in [5, 5.41) is 15.3. The van der Waals surface area contributed by atoms with Crippen molar-refractivity contribution in [3.05, 3.63) is 324 Å². The Morgan fingerprint density at radius 3 is 0.772 bits per heavy atom. The summed E-state index contributed by atoms with van der Waals surface area (Å²) < 4.78 is 0. The average Bonchev–Trinajstić information content (AvgIpc) is 1.48. The number of hydrogen-bond acceptors (Lipinski definition) is 0. The van der Waals surface area contributed by atoms with Crippen LogP contribution in [0, 0.1) is 0 Å². The van der Waals surface area contributed by atoms with E-state index in [9.17, 15) is 0 Å². The predicted molar refractivity (Wildman–Crippen MR) is 434 cm³/mol. The van der Waals surface area contributed by atoms with Gasteiger partial charge in [-0.05, 0) is 247 Å². The lowest BCUT2D eigenvalue weighted by molar-refractivity contribution is 0.607. The topological polar surface area (TPSA) is 0 Å². The highest BCUT2D eigenvalue weighted by atomic mass is 14.4. The van der Waals surface area contributed by atoms with E-state index in [-0.39, 0.29) is 16.2 Å². The molecular weight excluding hydrogens is 1210 g/mol. The summed E-state index contributed by atoms with van der Waals surface area (Å²) in [4.78, 5) is 0. The molecule has 3 aliphatic carbocycles. The van der Waals surface area contributed by atoms with Crippen LogP contribution in [-0.2, 0) is 22.7 Å². The van der Waals surface area contributed by atoms with Gasteiger partial charge in [0.05, 0.1) is 0 Å². The molecule has 0 nitrogen and oxygen atoms in total. The maximum atomic E-state index is 2.54. The van der Waals surface area contributed by atoms with Gasteiger partial charge in [0.25, 0.3) is 0 Å². The molecule has 0 unspecified atom stereocenters. The van der Waals surface area contributed by atoms with Crippen molar-refractivity contribution in [3.8, 4) is 100 Å². The van der Waals surface area contributed by atoms with Gasteiger partial charge in [-0.15, -0.1) is 0 Å². The van der Waals surface area contributed by atoms with Gasteiger partial charge in [-0.2, -0.15) is 0 Å². The smallest absolute Gasteiger partial charge is 0.0159 e. The van der Waals surface area contributed by atoms with Crippen LogP contribution in [0.5, 0.6) is 0 Å². The minimum Gasteiger partial charge on any atom is -0.0654 e. The summed E-state index contributed by atoms with van der Waals surface area (Å²) >= 11 is 0. The molecule has 0 heteroatoms. The lowest BCUT2D eigenvalue weighted by Crippen LogP contribution is -2.15. The van der Waals surface area contributed by atoms with Crippen LogP contribution in [0.4, 0.5) is 0 Å². The Bertz CT molecular complexity index is 5970.